The number of anilines is 1. The van der Waals surface area contributed by atoms with Crippen LogP contribution in [0.4, 0.5) is 10.5 Å². The second-order valence-corrected chi connectivity index (χ2v) is 8.72. The molecule has 9 heteroatoms. The minimum absolute atomic E-state index is 0.0494. The van der Waals surface area contributed by atoms with E-state index in [-0.39, 0.29) is 24.0 Å². The van der Waals surface area contributed by atoms with E-state index >= 15 is 0 Å². The van der Waals surface area contributed by atoms with Gasteiger partial charge >= 0.3 is 6.03 Å². The summed E-state index contributed by atoms with van der Waals surface area (Å²) in [5.41, 5.74) is 1.04. The van der Waals surface area contributed by atoms with E-state index in [1.54, 1.807) is 0 Å². The van der Waals surface area contributed by atoms with Crippen LogP contribution in [0.15, 0.2) is 24.3 Å². The molecule has 0 saturated carbocycles. The lowest BCUT2D eigenvalue weighted by atomic mass is 10.0. The number of nitrogens with one attached hydrogen (secondary N) is 4. The third kappa shape index (κ3) is 6.98. The van der Waals surface area contributed by atoms with Crippen LogP contribution in [-0.2, 0) is 9.53 Å². The third-order valence-corrected chi connectivity index (χ3v) is 6.80. The van der Waals surface area contributed by atoms with E-state index in [4.69, 9.17) is 9.47 Å². The summed E-state index contributed by atoms with van der Waals surface area (Å²) in [4.78, 5) is 23.3. The van der Waals surface area contributed by atoms with Gasteiger partial charge in [-0.3, -0.25) is 4.79 Å². The smallest absolute Gasteiger partial charge is 0.315 e. The van der Waals surface area contributed by atoms with E-state index in [0.717, 1.165) is 36.5 Å². The summed E-state index contributed by atoms with van der Waals surface area (Å²) in [6.07, 6.45) is 3.42. The predicted molar refractivity (Wildman–Crippen MR) is 119 cm³/mol. The second kappa shape index (κ2) is 11.9. The summed E-state index contributed by atoms with van der Waals surface area (Å²) < 4.78 is 11.1. The Balaban J connectivity index is 1.14. The topological polar surface area (TPSA) is 101 Å². The van der Waals surface area contributed by atoms with E-state index in [0.29, 0.717) is 38.0 Å². The van der Waals surface area contributed by atoms with E-state index in [2.05, 4.69) is 21.3 Å². The number of hydrogen-bond acceptors (Lipinski definition) is 6. The van der Waals surface area contributed by atoms with Crippen LogP contribution in [0, 0.1) is 0 Å². The number of benzene rings is 1. The average Bonchev–Trinajstić information content (AvgIpc) is 3.30. The summed E-state index contributed by atoms with van der Waals surface area (Å²) in [5, 5.41) is 12.4. The average molecular weight is 437 g/mol. The van der Waals surface area contributed by atoms with Crippen molar-refractivity contribution in [1.82, 2.24) is 16.0 Å². The molecule has 1 aromatic rings. The standard InChI is InChI=1S/C21H32N4O4S/c1-22-15-6-8-16(9-7-15)29-13-12-28-11-10-23-19(26)5-3-2-4-18-20-17(14-30-18)24-21(27)25-20/h6-9,17-18,20,22H,2-5,10-14H2,1H3,(H,23,26)(H2,24,25,27)/t17-,18?,20-/m0/s1. The molecular formula is C21H32N4O4S. The summed E-state index contributed by atoms with van der Waals surface area (Å²) >= 11 is 1.91. The minimum Gasteiger partial charge on any atom is -0.491 e. The van der Waals surface area contributed by atoms with Gasteiger partial charge < -0.3 is 30.7 Å². The lowest BCUT2D eigenvalue weighted by Gasteiger charge is -2.16. The highest BCUT2D eigenvalue weighted by Gasteiger charge is 2.42. The fraction of sp³-hybridized carbons (Fsp3) is 0.619. The van der Waals surface area contributed by atoms with Crippen LogP contribution in [0.5, 0.6) is 5.75 Å². The van der Waals surface area contributed by atoms with Gasteiger partial charge in [0, 0.05) is 36.7 Å². The molecule has 8 nitrogen and oxygen atoms in total. The number of carbonyl (C=O) groups is 2. The molecule has 0 aliphatic carbocycles. The second-order valence-electron chi connectivity index (χ2n) is 7.45. The number of thioether (sulfide) groups is 1. The molecule has 2 heterocycles. The molecule has 0 aromatic heterocycles. The fourth-order valence-corrected chi connectivity index (χ4v) is 5.21. The van der Waals surface area contributed by atoms with Gasteiger partial charge in [0.2, 0.25) is 5.91 Å². The van der Waals surface area contributed by atoms with Crippen LogP contribution in [0.3, 0.4) is 0 Å². The molecule has 1 unspecified atom stereocenters. The Bertz CT molecular complexity index is 688. The van der Waals surface area contributed by atoms with Crippen molar-refractivity contribution in [2.75, 3.05) is 44.5 Å². The number of rotatable bonds is 13. The zero-order valence-electron chi connectivity index (χ0n) is 17.4. The Kier molecular flexibility index (Phi) is 8.95. The first-order valence-corrected chi connectivity index (χ1v) is 11.6. The first-order chi connectivity index (χ1) is 14.7. The molecule has 2 saturated heterocycles. The zero-order valence-corrected chi connectivity index (χ0v) is 18.3. The maximum Gasteiger partial charge on any atom is 0.315 e. The van der Waals surface area contributed by atoms with Crippen LogP contribution >= 0.6 is 11.8 Å². The molecule has 2 aliphatic heterocycles. The molecule has 3 atom stereocenters. The molecule has 3 rings (SSSR count). The van der Waals surface area contributed by atoms with Gasteiger partial charge in [0.05, 0.1) is 25.3 Å². The molecule has 4 N–H and O–H groups in total. The maximum atomic E-state index is 11.9. The Labute approximate surface area is 182 Å². The Morgan fingerprint density at radius 1 is 1.17 bits per heavy atom. The van der Waals surface area contributed by atoms with Gasteiger partial charge in [-0.05, 0) is 37.1 Å². The van der Waals surface area contributed by atoms with E-state index in [1.807, 2.05) is 43.1 Å². The van der Waals surface area contributed by atoms with Gasteiger partial charge in [-0.2, -0.15) is 11.8 Å². The molecule has 166 valence electrons. The van der Waals surface area contributed by atoms with Crippen LogP contribution in [-0.4, -0.2) is 68.4 Å². The SMILES string of the molecule is CNc1ccc(OCCOCCNC(=O)CCCCC2SC[C@@H]3NC(=O)N[C@H]23)cc1. The van der Waals surface area contributed by atoms with Crippen molar-refractivity contribution < 1.29 is 19.1 Å². The van der Waals surface area contributed by atoms with E-state index < -0.39 is 0 Å². The summed E-state index contributed by atoms with van der Waals surface area (Å²) in [6, 6.07) is 8.20. The van der Waals surface area contributed by atoms with Crippen LogP contribution in [0.1, 0.15) is 25.7 Å². The summed E-state index contributed by atoms with van der Waals surface area (Å²) in [6.45, 7) is 1.94. The fourth-order valence-electron chi connectivity index (χ4n) is 3.66. The first kappa shape index (κ1) is 22.6. The predicted octanol–water partition coefficient (Wildman–Crippen LogP) is 1.97. The monoisotopic (exact) mass is 436 g/mol. The summed E-state index contributed by atoms with van der Waals surface area (Å²) in [7, 11) is 1.88. The minimum atomic E-state index is -0.0494. The molecule has 0 radical (unpaired) electrons. The molecule has 30 heavy (non-hydrogen) atoms. The number of fused-ring (bicyclic) bond motifs is 1. The van der Waals surface area contributed by atoms with Crippen LogP contribution in [0.2, 0.25) is 0 Å². The zero-order chi connectivity index (χ0) is 21.2. The highest BCUT2D eigenvalue weighted by Crippen LogP contribution is 2.33. The van der Waals surface area contributed by atoms with Crippen molar-refractivity contribution in [2.45, 2.75) is 43.0 Å². The highest BCUT2D eigenvalue weighted by molar-refractivity contribution is 8.00. The number of carbonyl (C=O) groups excluding carboxylic acids is 2. The maximum absolute atomic E-state index is 11.9. The van der Waals surface area contributed by atoms with E-state index in [9.17, 15) is 9.59 Å². The normalized spacial score (nSPS) is 22.2. The van der Waals surface area contributed by atoms with Crippen molar-refractivity contribution in [1.29, 1.82) is 0 Å². The quantitative estimate of drug-likeness (QED) is 0.279. The largest absolute Gasteiger partial charge is 0.491 e. The van der Waals surface area contributed by atoms with Gasteiger partial charge in [-0.25, -0.2) is 4.79 Å². The molecular weight excluding hydrogens is 404 g/mol. The van der Waals surface area contributed by atoms with Crippen molar-refractivity contribution in [2.24, 2.45) is 0 Å². The lowest BCUT2D eigenvalue weighted by molar-refractivity contribution is -0.121. The number of hydrogen-bond donors (Lipinski definition) is 4. The third-order valence-electron chi connectivity index (χ3n) is 5.29. The highest BCUT2D eigenvalue weighted by atomic mass is 32.2. The molecule has 1 aromatic carbocycles. The number of ether oxygens (including phenoxy) is 2. The lowest BCUT2D eigenvalue weighted by Crippen LogP contribution is -2.36. The van der Waals surface area contributed by atoms with E-state index in [1.165, 1.54) is 0 Å². The van der Waals surface area contributed by atoms with Crippen molar-refractivity contribution in [3.63, 3.8) is 0 Å². The van der Waals surface area contributed by atoms with Gasteiger partial charge in [-0.1, -0.05) is 6.42 Å². The molecule has 3 amide bonds. The van der Waals surface area contributed by atoms with Gasteiger partial charge in [0.1, 0.15) is 12.4 Å². The molecule has 0 bridgehead atoms. The van der Waals surface area contributed by atoms with Gasteiger partial charge in [0.25, 0.3) is 0 Å². The van der Waals surface area contributed by atoms with Gasteiger partial charge in [0.15, 0.2) is 0 Å². The van der Waals surface area contributed by atoms with Crippen LogP contribution < -0.4 is 26.0 Å². The Morgan fingerprint density at radius 2 is 2.00 bits per heavy atom. The number of unbranched alkanes of at least 4 members (excludes halogenated alkanes) is 1. The number of amides is 3. The number of urea groups is 1. The van der Waals surface area contributed by atoms with Crippen molar-refractivity contribution in [3.8, 4) is 5.75 Å². The Hall–Kier alpha value is -2.13. The molecule has 2 fully saturated rings. The summed E-state index contributed by atoms with van der Waals surface area (Å²) in [5.74, 6) is 1.85. The molecule has 0 spiro atoms. The molecule has 2 aliphatic rings. The first-order valence-electron chi connectivity index (χ1n) is 10.6. The Morgan fingerprint density at radius 3 is 2.80 bits per heavy atom. The van der Waals surface area contributed by atoms with Gasteiger partial charge in [-0.15, -0.1) is 0 Å². The van der Waals surface area contributed by atoms with Crippen LogP contribution in [0.25, 0.3) is 0 Å². The van der Waals surface area contributed by atoms with Crippen molar-refractivity contribution >= 4 is 29.4 Å². The van der Waals surface area contributed by atoms with Crippen molar-refractivity contribution in [3.05, 3.63) is 24.3 Å².